The van der Waals surface area contributed by atoms with E-state index >= 15 is 0 Å². The number of carbonyl (C=O) groups excluding carboxylic acids is 2. The summed E-state index contributed by atoms with van der Waals surface area (Å²) in [4.78, 5) is 27.9. The number of rotatable bonds is 4. The van der Waals surface area contributed by atoms with E-state index in [1.807, 2.05) is 6.92 Å². The van der Waals surface area contributed by atoms with Gasteiger partial charge in [0.15, 0.2) is 6.04 Å². The van der Waals surface area contributed by atoms with Crippen molar-refractivity contribution < 1.29 is 18.9 Å². The second kappa shape index (κ2) is 8.50. The van der Waals surface area contributed by atoms with E-state index in [9.17, 15) is 14.0 Å². The zero-order chi connectivity index (χ0) is 19.4. The number of nitrogens with zero attached hydrogens (tertiary/aromatic N) is 1. The van der Waals surface area contributed by atoms with Gasteiger partial charge < -0.3 is 15.1 Å². The molecule has 2 aromatic carbocycles. The molecule has 0 saturated carbocycles. The fraction of sp³-hybridized carbons (Fsp3) is 0.300. The highest BCUT2D eigenvalue weighted by molar-refractivity contribution is 6.33. The fourth-order valence-corrected chi connectivity index (χ4v) is 3.44. The Morgan fingerprint density at radius 2 is 1.74 bits per heavy atom. The van der Waals surface area contributed by atoms with Gasteiger partial charge >= 0.3 is 0 Å². The van der Waals surface area contributed by atoms with Crippen LogP contribution >= 0.6 is 11.6 Å². The van der Waals surface area contributed by atoms with Crippen molar-refractivity contribution in [1.82, 2.24) is 4.90 Å². The molecular weight excluding hydrogens is 369 g/mol. The van der Waals surface area contributed by atoms with Crippen LogP contribution in [0.2, 0.25) is 5.02 Å². The molecule has 1 fully saturated rings. The minimum absolute atomic E-state index is 0.0943. The Hall–Kier alpha value is -2.44. The molecule has 0 bridgehead atoms. The summed E-state index contributed by atoms with van der Waals surface area (Å²) in [6.07, 6.45) is 0. The summed E-state index contributed by atoms with van der Waals surface area (Å²) < 4.78 is 13.7. The molecule has 142 valence electrons. The van der Waals surface area contributed by atoms with E-state index in [2.05, 4.69) is 5.32 Å². The molecule has 0 aromatic heterocycles. The number of carbonyl (C=O) groups is 2. The van der Waals surface area contributed by atoms with E-state index in [0.717, 1.165) is 4.90 Å². The van der Waals surface area contributed by atoms with Crippen molar-refractivity contribution in [2.75, 3.05) is 31.5 Å². The third-order valence-electron chi connectivity index (χ3n) is 4.93. The number of para-hydroxylation sites is 1. The molecule has 2 N–H and O–H groups in total. The highest BCUT2D eigenvalue weighted by Gasteiger charge is 2.31. The molecule has 1 aliphatic heterocycles. The fourth-order valence-electron chi connectivity index (χ4n) is 3.22. The van der Waals surface area contributed by atoms with Crippen molar-refractivity contribution in [2.45, 2.75) is 13.0 Å². The van der Waals surface area contributed by atoms with E-state index < -0.39 is 5.82 Å². The molecule has 0 radical (unpaired) electrons. The van der Waals surface area contributed by atoms with Crippen molar-refractivity contribution in [1.29, 1.82) is 0 Å². The van der Waals surface area contributed by atoms with Gasteiger partial charge in [-0.2, -0.15) is 0 Å². The van der Waals surface area contributed by atoms with E-state index in [0.29, 0.717) is 36.8 Å². The predicted octanol–water partition coefficient (Wildman–Crippen LogP) is 1.85. The molecule has 0 aliphatic carbocycles. The summed E-state index contributed by atoms with van der Waals surface area (Å²) in [5, 5.41) is 3.08. The maximum absolute atomic E-state index is 13.7. The van der Waals surface area contributed by atoms with Crippen molar-refractivity contribution in [3.63, 3.8) is 0 Å². The molecule has 1 atom stereocenters. The van der Waals surface area contributed by atoms with Gasteiger partial charge in [-0.25, -0.2) is 4.39 Å². The van der Waals surface area contributed by atoms with Crippen LogP contribution in [0.4, 0.5) is 10.1 Å². The molecule has 7 heteroatoms. The lowest BCUT2D eigenvalue weighted by atomic mass is 10.1. The lowest BCUT2D eigenvalue weighted by molar-refractivity contribution is -0.917. The van der Waals surface area contributed by atoms with Gasteiger partial charge in [-0.1, -0.05) is 35.9 Å². The normalized spacial score (nSPS) is 16.0. The van der Waals surface area contributed by atoms with Gasteiger partial charge in [-0.15, -0.1) is 0 Å². The Kier molecular flexibility index (Phi) is 6.08. The number of halogens is 2. The molecule has 0 unspecified atom stereocenters. The van der Waals surface area contributed by atoms with Gasteiger partial charge in [0.05, 0.1) is 42.5 Å². The molecule has 1 heterocycles. The van der Waals surface area contributed by atoms with Gasteiger partial charge in [0.25, 0.3) is 11.8 Å². The van der Waals surface area contributed by atoms with Crippen LogP contribution in [0, 0.1) is 5.82 Å². The third kappa shape index (κ3) is 4.46. The molecule has 2 amide bonds. The number of hydrogen-bond acceptors (Lipinski definition) is 2. The van der Waals surface area contributed by atoms with E-state index in [1.54, 1.807) is 41.3 Å². The van der Waals surface area contributed by atoms with Gasteiger partial charge in [-0.05, 0) is 31.2 Å². The standard InChI is InChI=1S/C20H21ClFN3O2/c1-14(19(26)23-18-9-5-4-8-17(18)22)24-10-12-25(13-11-24)20(27)15-6-2-3-7-16(15)21/h2-9,14H,10-13H2,1H3,(H,23,26)/p+1/t14-/m0/s1. The van der Waals surface area contributed by atoms with Crippen molar-refractivity contribution >= 4 is 29.1 Å². The van der Waals surface area contributed by atoms with Gasteiger partial charge in [0.1, 0.15) is 5.82 Å². The van der Waals surface area contributed by atoms with Crippen LogP contribution in [0.3, 0.4) is 0 Å². The first-order valence-electron chi connectivity index (χ1n) is 8.91. The number of piperazine rings is 1. The molecule has 1 saturated heterocycles. The predicted molar refractivity (Wildman–Crippen MR) is 103 cm³/mol. The Labute approximate surface area is 162 Å². The highest BCUT2D eigenvalue weighted by atomic mass is 35.5. The first-order valence-corrected chi connectivity index (χ1v) is 9.29. The second-order valence-corrected chi connectivity index (χ2v) is 7.03. The minimum Gasteiger partial charge on any atom is -0.327 e. The zero-order valence-electron chi connectivity index (χ0n) is 15.0. The number of hydrogen-bond donors (Lipinski definition) is 2. The largest absolute Gasteiger partial charge is 0.327 e. The van der Waals surface area contributed by atoms with E-state index in [1.165, 1.54) is 12.1 Å². The average molecular weight is 391 g/mol. The van der Waals surface area contributed by atoms with Crippen LogP contribution in [0.1, 0.15) is 17.3 Å². The van der Waals surface area contributed by atoms with Crippen LogP contribution in [0.5, 0.6) is 0 Å². The van der Waals surface area contributed by atoms with Crippen LogP contribution in [-0.4, -0.2) is 48.9 Å². The Morgan fingerprint density at radius 3 is 2.41 bits per heavy atom. The number of nitrogens with one attached hydrogen (secondary N) is 2. The van der Waals surface area contributed by atoms with Crippen LogP contribution in [-0.2, 0) is 4.79 Å². The highest BCUT2D eigenvalue weighted by Crippen LogP contribution is 2.17. The summed E-state index contributed by atoms with van der Waals surface area (Å²) >= 11 is 6.11. The van der Waals surface area contributed by atoms with Crippen molar-refractivity contribution in [3.8, 4) is 0 Å². The lowest BCUT2D eigenvalue weighted by Crippen LogP contribution is -3.19. The summed E-state index contributed by atoms with van der Waals surface area (Å²) in [7, 11) is 0. The van der Waals surface area contributed by atoms with Crippen molar-refractivity contribution in [3.05, 3.63) is 64.9 Å². The maximum atomic E-state index is 13.7. The summed E-state index contributed by atoms with van der Waals surface area (Å²) in [6, 6.07) is 12.8. The van der Waals surface area contributed by atoms with Crippen molar-refractivity contribution in [2.24, 2.45) is 0 Å². The van der Waals surface area contributed by atoms with E-state index in [4.69, 9.17) is 11.6 Å². The maximum Gasteiger partial charge on any atom is 0.282 e. The monoisotopic (exact) mass is 390 g/mol. The summed E-state index contributed by atoms with van der Waals surface area (Å²) in [5.74, 6) is -0.785. The average Bonchev–Trinajstić information content (AvgIpc) is 2.69. The molecule has 0 spiro atoms. The topological polar surface area (TPSA) is 53.9 Å². The molecule has 2 aromatic rings. The summed E-state index contributed by atoms with van der Waals surface area (Å²) in [6.45, 7) is 4.18. The van der Waals surface area contributed by atoms with Crippen LogP contribution < -0.4 is 10.2 Å². The Morgan fingerprint density at radius 1 is 1.11 bits per heavy atom. The van der Waals surface area contributed by atoms with Crippen LogP contribution in [0.25, 0.3) is 0 Å². The van der Waals surface area contributed by atoms with Gasteiger partial charge in [0.2, 0.25) is 0 Å². The first-order chi connectivity index (χ1) is 13.0. The molecule has 5 nitrogen and oxygen atoms in total. The second-order valence-electron chi connectivity index (χ2n) is 6.62. The quantitative estimate of drug-likeness (QED) is 0.837. The van der Waals surface area contributed by atoms with Gasteiger partial charge in [0, 0.05) is 0 Å². The Balaban J connectivity index is 1.57. The smallest absolute Gasteiger partial charge is 0.282 e. The molecule has 27 heavy (non-hydrogen) atoms. The Bertz CT molecular complexity index is 837. The summed E-state index contributed by atoms with van der Waals surface area (Å²) in [5.41, 5.74) is 0.675. The lowest BCUT2D eigenvalue weighted by Gasteiger charge is -2.35. The molecular formula is C20H22ClFN3O2+. The number of anilines is 1. The van der Waals surface area contributed by atoms with Crippen LogP contribution in [0.15, 0.2) is 48.5 Å². The molecule has 3 rings (SSSR count). The SMILES string of the molecule is C[C@@H](C(=O)Nc1ccccc1F)[NH+]1CCN(C(=O)c2ccccc2Cl)CC1. The van der Waals surface area contributed by atoms with Gasteiger partial charge in [-0.3, -0.25) is 9.59 Å². The number of amides is 2. The first kappa shape index (κ1) is 19.3. The van der Waals surface area contributed by atoms with E-state index in [-0.39, 0.29) is 23.5 Å². The number of benzene rings is 2. The molecule has 1 aliphatic rings. The minimum atomic E-state index is -0.455. The number of quaternary nitrogens is 1. The zero-order valence-corrected chi connectivity index (χ0v) is 15.8. The third-order valence-corrected chi connectivity index (χ3v) is 5.26.